The molecule has 7 atom stereocenters. The fourth-order valence-corrected chi connectivity index (χ4v) is 6.42. The molecule has 0 bridgehead atoms. The zero-order valence-electron chi connectivity index (χ0n) is 20.1. The summed E-state index contributed by atoms with van der Waals surface area (Å²) >= 11 is 0. The van der Waals surface area contributed by atoms with E-state index in [1.54, 1.807) is 0 Å². The molecule has 0 spiro atoms. The molecule has 1 unspecified atom stereocenters. The molecule has 3 aliphatic carbocycles. The first-order chi connectivity index (χ1) is 14.6. The molecule has 0 saturated heterocycles. The van der Waals surface area contributed by atoms with Gasteiger partial charge >= 0.3 is 0 Å². The topological polar surface area (TPSA) is 60.7 Å². The van der Waals surface area contributed by atoms with Crippen LogP contribution in [-0.4, -0.2) is 33.1 Å². The van der Waals surface area contributed by atoms with Crippen LogP contribution in [0.15, 0.2) is 47.6 Å². The molecule has 0 heterocycles. The molecule has 0 amide bonds. The van der Waals surface area contributed by atoms with Gasteiger partial charge in [-0.2, -0.15) is 0 Å². The highest BCUT2D eigenvalue weighted by Crippen LogP contribution is 2.59. The second-order valence-electron chi connectivity index (χ2n) is 11.0. The van der Waals surface area contributed by atoms with Gasteiger partial charge in [0, 0.05) is 6.42 Å². The molecule has 3 N–H and O–H groups in total. The van der Waals surface area contributed by atoms with Gasteiger partial charge < -0.3 is 15.3 Å². The first kappa shape index (κ1) is 24.5. The molecule has 3 fully saturated rings. The molecule has 0 aromatic heterocycles. The van der Waals surface area contributed by atoms with Crippen LogP contribution in [0.1, 0.15) is 85.5 Å². The summed E-state index contributed by atoms with van der Waals surface area (Å²) in [5.74, 6) is 1.80. The van der Waals surface area contributed by atoms with Gasteiger partial charge in [-0.3, -0.25) is 0 Å². The number of aliphatic hydroxyl groups excluding tert-OH is 2. The van der Waals surface area contributed by atoms with Crippen molar-refractivity contribution < 1.29 is 15.3 Å². The van der Waals surface area contributed by atoms with E-state index >= 15 is 0 Å². The lowest BCUT2D eigenvalue weighted by Crippen LogP contribution is -2.35. The molecule has 3 aliphatic rings. The van der Waals surface area contributed by atoms with Crippen LogP contribution < -0.4 is 0 Å². The van der Waals surface area contributed by atoms with Crippen molar-refractivity contribution >= 4 is 0 Å². The first-order valence-electron chi connectivity index (χ1n) is 12.4. The molecule has 0 aromatic rings. The van der Waals surface area contributed by atoms with Gasteiger partial charge in [0.1, 0.15) is 0 Å². The van der Waals surface area contributed by atoms with Crippen LogP contribution in [-0.2, 0) is 0 Å². The quantitative estimate of drug-likeness (QED) is 0.464. The third kappa shape index (κ3) is 5.43. The van der Waals surface area contributed by atoms with Gasteiger partial charge in [-0.1, -0.05) is 57.2 Å². The molecular weight excluding hydrogens is 384 g/mol. The highest BCUT2D eigenvalue weighted by Gasteiger charge is 2.50. The summed E-state index contributed by atoms with van der Waals surface area (Å²) in [5.41, 5.74) is 3.03. The van der Waals surface area contributed by atoms with E-state index in [1.807, 2.05) is 13.8 Å². The molecule has 3 heteroatoms. The normalized spacial score (nSPS) is 39.8. The molecule has 31 heavy (non-hydrogen) atoms. The Bertz CT molecular complexity index is 743. The van der Waals surface area contributed by atoms with E-state index in [0.29, 0.717) is 36.0 Å². The van der Waals surface area contributed by atoms with Crippen LogP contribution in [0.4, 0.5) is 0 Å². The standard InChI is InChI=1S/C28H44O3/c1-6-27(4,31)15-7-9-19(2)24-13-14-25-21(10-8-16-28(24,25)5)11-12-22-17-23(29)18-26(30)20(22)3/h7,9,11-12,19,23-26,29-31H,3,6,8,10,13-18H2,1-2,4-5H3/b9-7+,21-11+,22-12-/t19-,23+,24+,25-,26-,27?,28+/m0/s1. The Kier molecular flexibility index (Phi) is 7.71. The highest BCUT2D eigenvalue weighted by atomic mass is 16.3. The van der Waals surface area contributed by atoms with Crippen LogP contribution in [0.3, 0.4) is 0 Å². The van der Waals surface area contributed by atoms with Crippen molar-refractivity contribution in [1.29, 1.82) is 0 Å². The predicted octanol–water partition coefficient (Wildman–Crippen LogP) is 5.87. The smallest absolute Gasteiger partial charge is 0.0811 e. The number of aliphatic hydroxyl groups is 3. The van der Waals surface area contributed by atoms with Crippen LogP contribution in [0.25, 0.3) is 0 Å². The lowest BCUT2D eigenvalue weighted by Gasteiger charge is -2.44. The number of hydrogen-bond donors (Lipinski definition) is 3. The Morgan fingerprint density at radius 2 is 2.00 bits per heavy atom. The Hall–Kier alpha value is -1.16. The van der Waals surface area contributed by atoms with E-state index in [2.05, 4.69) is 44.7 Å². The van der Waals surface area contributed by atoms with Crippen molar-refractivity contribution in [3.63, 3.8) is 0 Å². The molecule has 3 nitrogen and oxygen atoms in total. The Labute approximate surface area is 189 Å². The fourth-order valence-electron chi connectivity index (χ4n) is 6.42. The zero-order valence-corrected chi connectivity index (χ0v) is 20.1. The predicted molar refractivity (Wildman–Crippen MR) is 129 cm³/mol. The van der Waals surface area contributed by atoms with Gasteiger partial charge in [0.15, 0.2) is 0 Å². The van der Waals surface area contributed by atoms with E-state index in [1.165, 1.54) is 31.3 Å². The number of fused-ring (bicyclic) bond motifs is 1. The maximum absolute atomic E-state index is 10.3. The third-order valence-corrected chi connectivity index (χ3v) is 8.70. The highest BCUT2D eigenvalue weighted by molar-refractivity contribution is 5.38. The SMILES string of the molecule is C=C1/C(=C\C=C2/CCC[C@]3(C)[C@@H]([C@@H](C)/C=C/CC(C)(O)CC)CC[C@@H]23)C[C@@H](O)C[C@@H]1O. The molecule has 0 radical (unpaired) electrons. The fraction of sp³-hybridized carbons (Fsp3) is 0.714. The summed E-state index contributed by atoms with van der Waals surface area (Å²) < 4.78 is 0. The summed E-state index contributed by atoms with van der Waals surface area (Å²) in [6.07, 6.45) is 16.5. The summed E-state index contributed by atoms with van der Waals surface area (Å²) in [6.45, 7) is 12.9. The Balaban J connectivity index is 1.73. The van der Waals surface area contributed by atoms with Gasteiger partial charge in [-0.25, -0.2) is 0 Å². The monoisotopic (exact) mass is 428 g/mol. The maximum atomic E-state index is 10.3. The van der Waals surface area contributed by atoms with Crippen LogP contribution in [0.2, 0.25) is 0 Å². The second kappa shape index (κ2) is 9.77. The van der Waals surface area contributed by atoms with Crippen molar-refractivity contribution in [2.24, 2.45) is 23.2 Å². The average Bonchev–Trinajstić information content (AvgIpc) is 3.07. The maximum Gasteiger partial charge on any atom is 0.0811 e. The molecule has 0 aromatic carbocycles. The minimum absolute atomic E-state index is 0.322. The van der Waals surface area contributed by atoms with E-state index in [9.17, 15) is 15.3 Å². The number of allylic oxidation sites excluding steroid dienone is 4. The Morgan fingerprint density at radius 1 is 1.26 bits per heavy atom. The summed E-state index contributed by atoms with van der Waals surface area (Å²) in [6, 6.07) is 0. The van der Waals surface area contributed by atoms with Gasteiger partial charge in [0.05, 0.1) is 17.8 Å². The minimum Gasteiger partial charge on any atom is -0.393 e. The average molecular weight is 429 g/mol. The van der Waals surface area contributed by atoms with Crippen molar-refractivity contribution in [2.45, 2.75) is 103 Å². The van der Waals surface area contributed by atoms with Gasteiger partial charge in [-0.15, -0.1) is 0 Å². The minimum atomic E-state index is -0.623. The molecule has 0 aliphatic heterocycles. The lowest BCUT2D eigenvalue weighted by molar-refractivity contribution is 0.0588. The lowest BCUT2D eigenvalue weighted by atomic mass is 9.61. The zero-order chi connectivity index (χ0) is 22.8. The number of hydrogen-bond acceptors (Lipinski definition) is 3. The molecule has 3 rings (SSSR count). The van der Waals surface area contributed by atoms with Crippen LogP contribution in [0.5, 0.6) is 0 Å². The summed E-state index contributed by atoms with van der Waals surface area (Å²) in [4.78, 5) is 0. The Morgan fingerprint density at radius 3 is 2.71 bits per heavy atom. The number of rotatable bonds is 6. The van der Waals surface area contributed by atoms with Crippen molar-refractivity contribution in [1.82, 2.24) is 0 Å². The largest absolute Gasteiger partial charge is 0.393 e. The van der Waals surface area contributed by atoms with E-state index < -0.39 is 17.8 Å². The molecular formula is C28H44O3. The van der Waals surface area contributed by atoms with Crippen molar-refractivity contribution in [3.05, 3.63) is 47.6 Å². The van der Waals surface area contributed by atoms with Gasteiger partial charge in [-0.05, 0) is 92.6 Å². The van der Waals surface area contributed by atoms with Crippen molar-refractivity contribution in [2.75, 3.05) is 0 Å². The van der Waals surface area contributed by atoms with E-state index in [4.69, 9.17) is 0 Å². The van der Waals surface area contributed by atoms with E-state index in [-0.39, 0.29) is 0 Å². The van der Waals surface area contributed by atoms with Gasteiger partial charge in [0.25, 0.3) is 0 Å². The molecule has 3 saturated carbocycles. The summed E-state index contributed by atoms with van der Waals surface area (Å²) in [7, 11) is 0. The van der Waals surface area contributed by atoms with Gasteiger partial charge in [0.2, 0.25) is 0 Å². The van der Waals surface area contributed by atoms with Crippen LogP contribution in [0, 0.1) is 23.2 Å². The third-order valence-electron chi connectivity index (χ3n) is 8.70. The second-order valence-corrected chi connectivity index (χ2v) is 11.0. The van der Waals surface area contributed by atoms with Crippen molar-refractivity contribution in [3.8, 4) is 0 Å². The molecule has 174 valence electrons. The van der Waals surface area contributed by atoms with Crippen LogP contribution >= 0.6 is 0 Å². The van der Waals surface area contributed by atoms with E-state index in [0.717, 1.165) is 30.4 Å². The summed E-state index contributed by atoms with van der Waals surface area (Å²) in [5, 5.41) is 30.5. The first-order valence-corrected chi connectivity index (χ1v) is 12.4.